The number of hydrogen-bond acceptors (Lipinski definition) is 3. The van der Waals surface area contributed by atoms with Gasteiger partial charge in [-0.15, -0.1) is 0 Å². The molecule has 2 heterocycles. The third-order valence-corrected chi connectivity index (χ3v) is 4.02. The minimum absolute atomic E-state index is 0.175. The number of anilines is 1. The van der Waals surface area contributed by atoms with Gasteiger partial charge in [0.05, 0.1) is 23.6 Å². The van der Waals surface area contributed by atoms with Crippen LogP contribution in [0.3, 0.4) is 0 Å². The molecule has 0 unspecified atom stereocenters. The molecule has 0 aliphatic heterocycles. The predicted molar refractivity (Wildman–Crippen MR) is 94.4 cm³/mol. The first-order chi connectivity index (χ1) is 11.5. The molecule has 1 N–H and O–H groups in total. The smallest absolute Gasteiger partial charge is 0.255 e. The summed E-state index contributed by atoms with van der Waals surface area (Å²) in [5, 5.41) is 8.16. The molecule has 3 rings (SSSR count). The predicted octanol–water partition coefficient (Wildman–Crippen LogP) is 3.85. The average molecular weight is 341 g/mol. The van der Waals surface area contributed by atoms with Gasteiger partial charge in [-0.1, -0.05) is 23.7 Å². The third kappa shape index (κ3) is 3.46. The highest BCUT2D eigenvalue weighted by molar-refractivity contribution is 6.30. The van der Waals surface area contributed by atoms with E-state index in [1.807, 2.05) is 42.8 Å². The minimum Gasteiger partial charge on any atom is -0.319 e. The first-order valence-corrected chi connectivity index (χ1v) is 7.92. The molecule has 0 spiro atoms. The molecule has 3 aromatic rings. The zero-order valence-corrected chi connectivity index (χ0v) is 14.2. The molecule has 5 nitrogen and oxygen atoms in total. The lowest BCUT2D eigenvalue weighted by Crippen LogP contribution is -2.13. The fourth-order valence-electron chi connectivity index (χ4n) is 2.53. The summed E-state index contributed by atoms with van der Waals surface area (Å²) < 4.78 is 1.86. The second-order valence-electron chi connectivity index (χ2n) is 5.52. The van der Waals surface area contributed by atoms with Gasteiger partial charge >= 0.3 is 0 Å². The number of hydrogen-bond donors (Lipinski definition) is 1. The van der Waals surface area contributed by atoms with Gasteiger partial charge in [0.15, 0.2) is 0 Å². The summed E-state index contributed by atoms with van der Waals surface area (Å²) in [5.41, 5.74) is 4.03. The van der Waals surface area contributed by atoms with Crippen molar-refractivity contribution in [3.05, 3.63) is 76.3 Å². The summed E-state index contributed by atoms with van der Waals surface area (Å²) in [4.78, 5) is 16.3. The molecule has 0 saturated carbocycles. The number of carbonyl (C=O) groups is 1. The van der Waals surface area contributed by atoms with Gasteiger partial charge < -0.3 is 5.32 Å². The second-order valence-corrected chi connectivity index (χ2v) is 5.96. The van der Waals surface area contributed by atoms with Gasteiger partial charge in [-0.3, -0.25) is 14.5 Å². The minimum atomic E-state index is -0.175. The maximum absolute atomic E-state index is 12.3. The first kappa shape index (κ1) is 16.2. The number of nitrogens with zero attached hydrogens (tertiary/aromatic N) is 3. The Morgan fingerprint density at radius 2 is 1.96 bits per heavy atom. The molecule has 0 fully saturated rings. The number of aryl methyl sites for hydroxylation is 1. The Morgan fingerprint density at radius 3 is 2.67 bits per heavy atom. The van der Waals surface area contributed by atoms with E-state index in [9.17, 15) is 4.79 Å². The zero-order valence-electron chi connectivity index (χ0n) is 13.5. The van der Waals surface area contributed by atoms with E-state index in [1.54, 1.807) is 24.5 Å². The molecule has 24 heavy (non-hydrogen) atoms. The fourth-order valence-corrected chi connectivity index (χ4v) is 2.74. The van der Waals surface area contributed by atoms with Crippen molar-refractivity contribution in [2.24, 2.45) is 0 Å². The van der Waals surface area contributed by atoms with Crippen LogP contribution in [0, 0.1) is 13.8 Å². The lowest BCUT2D eigenvalue weighted by molar-refractivity contribution is 0.102. The summed E-state index contributed by atoms with van der Waals surface area (Å²) in [6.45, 7) is 4.41. The van der Waals surface area contributed by atoms with Crippen LogP contribution in [0.4, 0.5) is 5.69 Å². The first-order valence-electron chi connectivity index (χ1n) is 7.54. The summed E-state index contributed by atoms with van der Waals surface area (Å²) in [6, 6.07) is 11.0. The lowest BCUT2D eigenvalue weighted by atomic mass is 10.2. The lowest BCUT2D eigenvalue weighted by Gasteiger charge is -2.07. The van der Waals surface area contributed by atoms with Crippen molar-refractivity contribution in [2.45, 2.75) is 20.4 Å². The number of amides is 1. The van der Waals surface area contributed by atoms with E-state index in [0.29, 0.717) is 17.1 Å². The number of rotatable bonds is 4. The van der Waals surface area contributed by atoms with E-state index < -0.39 is 0 Å². The second kappa shape index (κ2) is 6.84. The van der Waals surface area contributed by atoms with Crippen molar-refractivity contribution in [3.63, 3.8) is 0 Å². The van der Waals surface area contributed by atoms with E-state index in [2.05, 4.69) is 15.4 Å². The van der Waals surface area contributed by atoms with E-state index >= 15 is 0 Å². The third-order valence-electron chi connectivity index (χ3n) is 3.78. The highest BCUT2D eigenvalue weighted by Crippen LogP contribution is 2.22. The van der Waals surface area contributed by atoms with Gasteiger partial charge in [0.2, 0.25) is 0 Å². The Hall–Kier alpha value is -2.66. The van der Waals surface area contributed by atoms with Crippen LogP contribution in [0.25, 0.3) is 0 Å². The number of halogens is 1. The van der Waals surface area contributed by atoms with Gasteiger partial charge in [0.25, 0.3) is 5.91 Å². The van der Waals surface area contributed by atoms with Crippen molar-refractivity contribution in [2.75, 3.05) is 5.32 Å². The molecule has 0 atom stereocenters. The molecule has 0 bridgehead atoms. The van der Waals surface area contributed by atoms with E-state index in [4.69, 9.17) is 11.6 Å². The van der Waals surface area contributed by atoms with Crippen molar-refractivity contribution < 1.29 is 4.79 Å². The van der Waals surface area contributed by atoms with Crippen LogP contribution in [0.15, 0.2) is 48.8 Å². The highest BCUT2D eigenvalue weighted by atomic mass is 35.5. The van der Waals surface area contributed by atoms with Crippen LogP contribution < -0.4 is 5.32 Å². The number of benzene rings is 1. The maximum Gasteiger partial charge on any atom is 0.255 e. The summed E-state index contributed by atoms with van der Waals surface area (Å²) in [6.07, 6.45) is 3.19. The van der Waals surface area contributed by atoms with Crippen molar-refractivity contribution in [1.82, 2.24) is 14.8 Å². The van der Waals surface area contributed by atoms with Crippen molar-refractivity contribution in [1.29, 1.82) is 0 Å². The van der Waals surface area contributed by atoms with Gasteiger partial charge in [-0.2, -0.15) is 5.10 Å². The summed E-state index contributed by atoms with van der Waals surface area (Å²) in [5.74, 6) is -0.175. The van der Waals surface area contributed by atoms with Crippen LogP contribution in [0.5, 0.6) is 0 Å². The van der Waals surface area contributed by atoms with E-state index in [-0.39, 0.29) is 5.91 Å². The normalized spacial score (nSPS) is 10.6. The van der Waals surface area contributed by atoms with Crippen LogP contribution in [-0.2, 0) is 6.54 Å². The molecule has 6 heteroatoms. The number of carbonyl (C=O) groups excluding carboxylic acids is 1. The van der Waals surface area contributed by atoms with E-state index in [1.165, 1.54) is 0 Å². The number of pyridine rings is 1. The molecule has 2 aromatic heterocycles. The zero-order chi connectivity index (χ0) is 17.1. The van der Waals surface area contributed by atoms with Gasteiger partial charge in [0.1, 0.15) is 0 Å². The molecule has 0 aliphatic rings. The largest absolute Gasteiger partial charge is 0.319 e. The Morgan fingerprint density at radius 1 is 1.21 bits per heavy atom. The van der Waals surface area contributed by atoms with Crippen LogP contribution in [-0.4, -0.2) is 20.7 Å². The van der Waals surface area contributed by atoms with Crippen molar-refractivity contribution >= 4 is 23.2 Å². The molecule has 0 aliphatic carbocycles. The fraction of sp³-hybridized carbons (Fsp3) is 0.167. The SMILES string of the molecule is Cc1nn(Cc2cccc(Cl)c2)c(C)c1NC(=O)c1ccncc1. The molecule has 0 radical (unpaired) electrons. The van der Waals surface area contributed by atoms with Crippen LogP contribution in [0.1, 0.15) is 27.3 Å². The van der Waals surface area contributed by atoms with Crippen molar-refractivity contribution in [3.8, 4) is 0 Å². The van der Waals surface area contributed by atoms with Gasteiger partial charge in [0, 0.05) is 23.0 Å². The highest BCUT2D eigenvalue weighted by Gasteiger charge is 2.15. The monoisotopic (exact) mass is 340 g/mol. The number of aromatic nitrogens is 3. The maximum atomic E-state index is 12.3. The quantitative estimate of drug-likeness (QED) is 0.784. The molecular formula is C18H17ClN4O. The molecular weight excluding hydrogens is 324 g/mol. The summed E-state index contributed by atoms with van der Waals surface area (Å²) in [7, 11) is 0. The Kier molecular flexibility index (Phi) is 4.62. The standard InChI is InChI=1S/C18H17ClN4O/c1-12-17(21-18(24)15-6-8-20-9-7-15)13(2)23(22-12)11-14-4-3-5-16(19)10-14/h3-10H,11H2,1-2H3,(H,21,24). The Labute approximate surface area is 145 Å². The Bertz CT molecular complexity index is 874. The summed E-state index contributed by atoms with van der Waals surface area (Å²) >= 11 is 6.03. The Balaban J connectivity index is 1.83. The average Bonchev–Trinajstić information content (AvgIpc) is 2.83. The van der Waals surface area contributed by atoms with Gasteiger partial charge in [-0.05, 0) is 43.7 Å². The topological polar surface area (TPSA) is 59.8 Å². The van der Waals surface area contributed by atoms with Crippen LogP contribution in [0.2, 0.25) is 5.02 Å². The van der Waals surface area contributed by atoms with E-state index in [0.717, 1.165) is 22.6 Å². The molecule has 122 valence electrons. The van der Waals surface area contributed by atoms with Gasteiger partial charge in [-0.25, -0.2) is 0 Å². The molecule has 1 aromatic carbocycles. The molecule has 1 amide bonds. The molecule has 0 saturated heterocycles. The van der Waals surface area contributed by atoms with Crippen LogP contribution >= 0.6 is 11.6 Å². The number of nitrogens with one attached hydrogen (secondary N) is 1.